The van der Waals surface area contributed by atoms with Crippen molar-refractivity contribution in [2.45, 2.75) is 79.1 Å². The Bertz CT molecular complexity index is 643. The van der Waals surface area contributed by atoms with E-state index in [1.807, 2.05) is 0 Å². The SMILES string of the molecule is CCCN1CCCC(c2ccccc2C2=CC(C)(C)CC(C)(C)C2)CC1.Cl. The Labute approximate surface area is 174 Å². The minimum atomic E-state index is 0. The van der Waals surface area contributed by atoms with Crippen LogP contribution in [0.1, 0.15) is 90.2 Å². The summed E-state index contributed by atoms with van der Waals surface area (Å²) in [5.74, 6) is 0.724. The quantitative estimate of drug-likeness (QED) is 0.521. The zero-order chi connectivity index (χ0) is 18.8. The third-order valence-electron chi connectivity index (χ3n) is 6.28. The van der Waals surface area contributed by atoms with Crippen LogP contribution in [0.3, 0.4) is 0 Å². The van der Waals surface area contributed by atoms with Gasteiger partial charge in [0.1, 0.15) is 0 Å². The zero-order valence-corrected chi connectivity index (χ0v) is 19.0. The molecular formula is C25H40ClN. The molecule has 0 bridgehead atoms. The molecule has 0 aromatic heterocycles. The predicted molar refractivity (Wildman–Crippen MR) is 122 cm³/mol. The standard InChI is InChI=1S/C25H39N.ClH/c1-6-14-26-15-9-10-20(13-16-26)22-11-7-8-12-23(22)21-17-24(2,3)19-25(4,5)18-21;/h7-8,11-12,17,20H,6,9-10,13-16,18-19H2,1-5H3;1H. The lowest BCUT2D eigenvalue weighted by Crippen LogP contribution is -2.27. The third kappa shape index (κ3) is 5.84. The lowest BCUT2D eigenvalue weighted by atomic mass is 9.65. The lowest BCUT2D eigenvalue weighted by Gasteiger charge is -2.40. The van der Waals surface area contributed by atoms with Crippen molar-refractivity contribution in [3.05, 3.63) is 41.5 Å². The Morgan fingerprint density at radius 3 is 2.48 bits per heavy atom. The van der Waals surface area contributed by atoms with Crippen LogP contribution in [0.2, 0.25) is 0 Å². The number of nitrogens with zero attached hydrogens (tertiary/aromatic N) is 1. The van der Waals surface area contributed by atoms with E-state index in [0.29, 0.717) is 10.8 Å². The molecule has 0 amide bonds. The molecule has 3 rings (SSSR count). The first-order valence-electron chi connectivity index (χ1n) is 10.8. The molecular weight excluding hydrogens is 350 g/mol. The molecule has 2 heteroatoms. The summed E-state index contributed by atoms with van der Waals surface area (Å²) in [5, 5.41) is 0. The monoisotopic (exact) mass is 389 g/mol. The average molecular weight is 390 g/mol. The van der Waals surface area contributed by atoms with Crippen LogP contribution in [-0.4, -0.2) is 24.5 Å². The van der Waals surface area contributed by atoms with E-state index in [1.165, 1.54) is 58.2 Å². The molecule has 1 unspecified atom stereocenters. The maximum Gasteiger partial charge on any atom is -0.00129 e. The van der Waals surface area contributed by atoms with Crippen molar-refractivity contribution >= 4 is 18.0 Å². The molecule has 0 spiro atoms. The summed E-state index contributed by atoms with van der Waals surface area (Å²) < 4.78 is 0. The second-order valence-corrected chi connectivity index (χ2v) is 10.2. The van der Waals surface area contributed by atoms with Crippen LogP contribution in [0.4, 0.5) is 0 Å². The number of likely N-dealkylation sites (tertiary alicyclic amines) is 1. The number of allylic oxidation sites excluding steroid dienone is 2. The van der Waals surface area contributed by atoms with Gasteiger partial charge in [0.15, 0.2) is 0 Å². The molecule has 1 nitrogen and oxygen atoms in total. The van der Waals surface area contributed by atoms with Gasteiger partial charge in [-0.25, -0.2) is 0 Å². The smallest absolute Gasteiger partial charge is 0.00129 e. The molecule has 1 fully saturated rings. The predicted octanol–water partition coefficient (Wildman–Crippen LogP) is 7.32. The number of rotatable bonds is 4. The van der Waals surface area contributed by atoms with E-state index in [2.05, 4.69) is 69.9 Å². The van der Waals surface area contributed by atoms with Crippen LogP contribution in [-0.2, 0) is 0 Å². The molecule has 0 radical (unpaired) electrons. The Balaban J connectivity index is 0.00000261. The zero-order valence-electron chi connectivity index (χ0n) is 18.2. The Morgan fingerprint density at radius 2 is 1.78 bits per heavy atom. The number of hydrogen-bond acceptors (Lipinski definition) is 1. The maximum absolute atomic E-state index is 2.68. The molecule has 1 heterocycles. The van der Waals surface area contributed by atoms with Crippen molar-refractivity contribution < 1.29 is 0 Å². The van der Waals surface area contributed by atoms with Gasteiger partial charge in [-0.1, -0.05) is 65.0 Å². The fourth-order valence-electron chi connectivity index (χ4n) is 5.71. The van der Waals surface area contributed by atoms with Gasteiger partial charge in [0, 0.05) is 0 Å². The Kier molecular flexibility index (Phi) is 7.62. The van der Waals surface area contributed by atoms with Crippen LogP contribution in [0.5, 0.6) is 0 Å². The summed E-state index contributed by atoms with van der Waals surface area (Å²) in [4.78, 5) is 2.68. The van der Waals surface area contributed by atoms with Gasteiger partial charge in [0.05, 0.1) is 0 Å². The molecule has 1 aliphatic carbocycles. The number of hydrogen-bond donors (Lipinski definition) is 0. The van der Waals surface area contributed by atoms with Crippen molar-refractivity contribution in [1.82, 2.24) is 4.90 Å². The summed E-state index contributed by atoms with van der Waals surface area (Å²) in [5.41, 5.74) is 5.44. The molecule has 2 aliphatic rings. The summed E-state index contributed by atoms with van der Waals surface area (Å²) in [6.07, 6.45) is 10.3. The van der Waals surface area contributed by atoms with Gasteiger partial charge in [-0.05, 0) is 91.6 Å². The topological polar surface area (TPSA) is 3.24 Å². The second-order valence-electron chi connectivity index (χ2n) is 10.2. The highest BCUT2D eigenvalue weighted by molar-refractivity contribution is 5.85. The van der Waals surface area contributed by atoms with Crippen LogP contribution >= 0.6 is 12.4 Å². The summed E-state index contributed by atoms with van der Waals surface area (Å²) >= 11 is 0. The van der Waals surface area contributed by atoms with E-state index in [-0.39, 0.29) is 12.4 Å². The van der Waals surface area contributed by atoms with Gasteiger partial charge in [-0.3, -0.25) is 0 Å². The van der Waals surface area contributed by atoms with Gasteiger partial charge in [-0.15, -0.1) is 12.4 Å². The number of benzene rings is 1. The normalized spacial score (nSPS) is 25.2. The minimum absolute atomic E-state index is 0. The van der Waals surface area contributed by atoms with Crippen molar-refractivity contribution in [1.29, 1.82) is 0 Å². The van der Waals surface area contributed by atoms with Crippen LogP contribution < -0.4 is 0 Å². The molecule has 27 heavy (non-hydrogen) atoms. The molecule has 0 saturated carbocycles. The highest BCUT2D eigenvalue weighted by Crippen LogP contribution is 2.48. The summed E-state index contributed by atoms with van der Waals surface area (Å²) in [6.45, 7) is 15.8. The third-order valence-corrected chi connectivity index (χ3v) is 6.28. The van der Waals surface area contributed by atoms with Gasteiger partial charge < -0.3 is 4.90 Å². The van der Waals surface area contributed by atoms with E-state index in [4.69, 9.17) is 0 Å². The summed E-state index contributed by atoms with van der Waals surface area (Å²) in [7, 11) is 0. The van der Waals surface area contributed by atoms with Crippen LogP contribution in [0.25, 0.3) is 5.57 Å². The number of halogens is 1. The first-order chi connectivity index (χ1) is 12.3. The second kappa shape index (κ2) is 9.14. The van der Waals surface area contributed by atoms with Crippen LogP contribution in [0, 0.1) is 10.8 Å². The van der Waals surface area contributed by atoms with Crippen molar-refractivity contribution in [2.24, 2.45) is 10.8 Å². The first kappa shape index (κ1) is 22.5. The van der Waals surface area contributed by atoms with Gasteiger partial charge >= 0.3 is 0 Å². The first-order valence-corrected chi connectivity index (χ1v) is 10.8. The van der Waals surface area contributed by atoms with E-state index >= 15 is 0 Å². The molecule has 1 saturated heterocycles. The Morgan fingerprint density at radius 1 is 1.04 bits per heavy atom. The van der Waals surface area contributed by atoms with E-state index in [0.717, 1.165) is 5.92 Å². The van der Waals surface area contributed by atoms with E-state index < -0.39 is 0 Å². The maximum atomic E-state index is 2.68. The molecule has 152 valence electrons. The highest BCUT2D eigenvalue weighted by atomic mass is 35.5. The van der Waals surface area contributed by atoms with Crippen LogP contribution in [0.15, 0.2) is 30.3 Å². The van der Waals surface area contributed by atoms with Gasteiger partial charge in [0.25, 0.3) is 0 Å². The highest BCUT2D eigenvalue weighted by Gasteiger charge is 2.34. The van der Waals surface area contributed by atoms with Gasteiger partial charge in [-0.2, -0.15) is 0 Å². The van der Waals surface area contributed by atoms with Crippen molar-refractivity contribution in [3.63, 3.8) is 0 Å². The Hall–Kier alpha value is -0.790. The van der Waals surface area contributed by atoms with E-state index in [1.54, 1.807) is 16.7 Å². The largest absolute Gasteiger partial charge is 0.303 e. The molecule has 1 aromatic carbocycles. The lowest BCUT2D eigenvalue weighted by molar-refractivity contribution is 0.228. The molecule has 0 N–H and O–H groups in total. The average Bonchev–Trinajstić information content (AvgIpc) is 2.78. The fourth-order valence-corrected chi connectivity index (χ4v) is 5.71. The summed E-state index contributed by atoms with van der Waals surface area (Å²) in [6, 6.07) is 9.32. The fraction of sp³-hybridized carbons (Fsp3) is 0.680. The van der Waals surface area contributed by atoms with Crippen molar-refractivity contribution in [3.8, 4) is 0 Å². The van der Waals surface area contributed by atoms with E-state index in [9.17, 15) is 0 Å². The molecule has 1 atom stereocenters. The molecule has 1 aromatic rings. The van der Waals surface area contributed by atoms with Crippen molar-refractivity contribution in [2.75, 3.05) is 19.6 Å². The van der Waals surface area contributed by atoms with Gasteiger partial charge in [0.2, 0.25) is 0 Å². The molecule has 1 aliphatic heterocycles. The minimum Gasteiger partial charge on any atom is -0.303 e.